The fourth-order valence-electron chi connectivity index (χ4n) is 3.05. The van der Waals surface area contributed by atoms with E-state index in [1.807, 2.05) is 24.4 Å². The van der Waals surface area contributed by atoms with Gasteiger partial charge in [-0.05, 0) is 55.2 Å². The zero-order valence-corrected chi connectivity index (χ0v) is 14.4. The molecule has 0 radical (unpaired) electrons. The molecule has 132 valence electrons. The van der Waals surface area contributed by atoms with Gasteiger partial charge in [0, 0.05) is 40.8 Å². The van der Waals surface area contributed by atoms with E-state index in [0.29, 0.717) is 12.1 Å². The van der Waals surface area contributed by atoms with Crippen LogP contribution < -0.4 is 10.6 Å². The quantitative estimate of drug-likeness (QED) is 0.638. The molecule has 0 bridgehead atoms. The van der Waals surface area contributed by atoms with Crippen LogP contribution >= 0.6 is 0 Å². The zero-order chi connectivity index (χ0) is 17.9. The van der Waals surface area contributed by atoms with Crippen LogP contribution in [0.2, 0.25) is 0 Å². The van der Waals surface area contributed by atoms with Crippen LogP contribution in [0.4, 0.5) is 5.69 Å². The van der Waals surface area contributed by atoms with Gasteiger partial charge in [0.15, 0.2) is 0 Å². The van der Waals surface area contributed by atoms with Crippen LogP contribution in [0.3, 0.4) is 0 Å². The number of anilines is 1. The van der Waals surface area contributed by atoms with Crippen molar-refractivity contribution in [1.29, 1.82) is 0 Å². The Morgan fingerprint density at radius 2 is 1.81 bits per heavy atom. The van der Waals surface area contributed by atoms with Gasteiger partial charge >= 0.3 is 0 Å². The molecule has 1 heterocycles. The number of hydrogen-bond donors (Lipinski definition) is 3. The molecule has 5 nitrogen and oxygen atoms in total. The summed E-state index contributed by atoms with van der Waals surface area (Å²) in [5, 5.41) is 7.02. The predicted octanol–water partition coefficient (Wildman–Crippen LogP) is 3.49. The Hall–Kier alpha value is -3.08. The smallest absolute Gasteiger partial charge is 0.251 e. The third-order valence-corrected chi connectivity index (χ3v) is 4.72. The minimum atomic E-state index is -0.107. The monoisotopic (exact) mass is 347 g/mol. The molecule has 4 rings (SSSR count). The molecule has 0 spiro atoms. The highest BCUT2D eigenvalue weighted by atomic mass is 16.2. The summed E-state index contributed by atoms with van der Waals surface area (Å²) >= 11 is 0. The van der Waals surface area contributed by atoms with Crippen molar-refractivity contribution >= 4 is 28.4 Å². The molecule has 3 N–H and O–H groups in total. The Balaban J connectivity index is 1.31. The Labute approximate surface area is 151 Å². The first-order valence-corrected chi connectivity index (χ1v) is 8.95. The fourth-order valence-corrected chi connectivity index (χ4v) is 3.05. The van der Waals surface area contributed by atoms with Gasteiger partial charge < -0.3 is 15.6 Å². The highest BCUT2D eigenvalue weighted by Crippen LogP contribution is 2.30. The van der Waals surface area contributed by atoms with Crippen LogP contribution in [-0.2, 0) is 11.2 Å². The molecule has 2 amide bonds. The van der Waals surface area contributed by atoms with E-state index in [4.69, 9.17) is 0 Å². The highest BCUT2D eigenvalue weighted by molar-refractivity contribution is 5.96. The van der Waals surface area contributed by atoms with Gasteiger partial charge in [0.2, 0.25) is 5.91 Å². The lowest BCUT2D eigenvalue weighted by atomic mass is 10.1. The summed E-state index contributed by atoms with van der Waals surface area (Å²) in [7, 11) is 0. The summed E-state index contributed by atoms with van der Waals surface area (Å²) in [6.07, 6.45) is 4.71. The maximum atomic E-state index is 12.3. The van der Waals surface area contributed by atoms with Crippen molar-refractivity contribution in [1.82, 2.24) is 10.3 Å². The second-order valence-electron chi connectivity index (χ2n) is 6.71. The van der Waals surface area contributed by atoms with Gasteiger partial charge in [-0.3, -0.25) is 9.59 Å². The molecule has 5 heteroatoms. The number of nitrogens with one attached hydrogen (secondary N) is 3. The molecule has 1 aromatic heterocycles. The molecule has 1 saturated carbocycles. The lowest BCUT2D eigenvalue weighted by molar-refractivity contribution is -0.117. The maximum absolute atomic E-state index is 12.3. The third-order valence-electron chi connectivity index (χ3n) is 4.72. The minimum Gasteiger partial charge on any atom is -0.361 e. The van der Waals surface area contributed by atoms with Gasteiger partial charge in [-0.15, -0.1) is 0 Å². The predicted molar refractivity (Wildman–Crippen MR) is 102 cm³/mol. The molecule has 0 atom stereocenters. The van der Waals surface area contributed by atoms with Gasteiger partial charge in [0.1, 0.15) is 0 Å². The van der Waals surface area contributed by atoms with Gasteiger partial charge in [0.05, 0.1) is 0 Å². The lowest BCUT2D eigenvalue weighted by Crippen LogP contribution is -2.25. The Kier molecular flexibility index (Phi) is 4.44. The first kappa shape index (κ1) is 16.4. The lowest BCUT2D eigenvalue weighted by Gasteiger charge is -2.07. The van der Waals surface area contributed by atoms with E-state index < -0.39 is 0 Å². The molecule has 1 aliphatic carbocycles. The molecule has 0 saturated heterocycles. The van der Waals surface area contributed by atoms with Crippen molar-refractivity contribution in [2.24, 2.45) is 5.92 Å². The first-order chi connectivity index (χ1) is 12.7. The average Bonchev–Trinajstić information content (AvgIpc) is 3.44. The number of amides is 2. The Bertz CT molecular complexity index is 939. The summed E-state index contributed by atoms with van der Waals surface area (Å²) in [5.41, 5.74) is 3.63. The summed E-state index contributed by atoms with van der Waals surface area (Å²) in [6.45, 7) is 0.570. The number of carbonyl (C=O) groups excluding carboxylic acids is 2. The van der Waals surface area contributed by atoms with Crippen LogP contribution in [0.25, 0.3) is 10.9 Å². The van der Waals surface area contributed by atoms with E-state index in [2.05, 4.69) is 21.7 Å². The Morgan fingerprint density at radius 1 is 1.04 bits per heavy atom. The normalized spacial score (nSPS) is 13.5. The second kappa shape index (κ2) is 7.04. The molecular weight excluding hydrogens is 326 g/mol. The summed E-state index contributed by atoms with van der Waals surface area (Å²) in [4.78, 5) is 27.3. The number of fused-ring (bicyclic) bond motifs is 1. The van der Waals surface area contributed by atoms with Crippen molar-refractivity contribution < 1.29 is 9.59 Å². The number of aromatic nitrogens is 1. The summed E-state index contributed by atoms with van der Waals surface area (Å²) in [5.74, 6) is 0.133. The van der Waals surface area contributed by atoms with E-state index in [9.17, 15) is 9.59 Å². The average molecular weight is 347 g/mol. The molecule has 0 unspecified atom stereocenters. The van der Waals surface area contributed by atoms with Gasteiger partial charge in [-0.1, -0.05) is 18.2 Å². The molecule has 0 aliphatic heterocycles. The summed E-state index contributed by atoms with van der Waals surface area (Å²) < 4.78 is 0. The van der Waals surface area contributed by atoms with Crippen molar-refractivity contribution in [2.75, 3.05) is 11.9 Å². The van der Waals surface area contributed by atoms with E-state index in [1.54, 1.807) is 24.3 Å². The van der Waals surface area contributed by atoms with Crippen molar-refractivity contribution in [2.45, 2.75) is 19.3 Å². The number of benzene rings is 2. The van der Waals surface area contributed by atoms with Crippen molar-refractivity contribution in [3.05, 3.63) is 65.9 Å². The van der Waals surface area contributed by atoms with Gasteiger partial charge in [-0.2, -0.15) is 0 Å². The molecule has 2 aromatic carbocycles. The zero-order valence-electron chi connectivity index (χ0n) is 14.4. The van der Waals surface area contributed by atoms with Crippen LogP contribution in [0.15, 0.2) is 54.7 Å². The van der Waals surface area contributed by atoms with Crippen molar-refractivity contribution in [3.8, 4) is 0 Å². The number of para-hydroxylation sites is 1. The SMILES string of the molecule is O=C(NCCc1c[nH]c2ccccc12)c1ccc(NC(=O)C2CC2)cc1. The third kappa shape index (κ3) is 3.61. The largest absolute Gasteiger partial charge is 0.361 e. The number of aromatic amines is 1. The topological polar surface area (TPSA) is 74.0 Å². The van der Waals surface area contributed by atoms with E-state index in [0.717, 1.165) is 30.5 Å². The second-order valence-corrected chi connectivity index (χ2v) is 6.71. The fraction of sp³-hybridized carbons (Fsp3) is 0.238. The van der Waals surface area contributed by atoms with Gasteiger partial charge in [0.25, 0.3) is 5.91 Å². The maximum Gasteiger partial charge on any atom is 0.251 e. The van der Waals surface area contributed by atoms with Crippen LogP contribution in [-0.4, -0.2) is 23.3 Å². The first-order valence-electron chi connectivity index (χ1n) is 8.95. The molecule has 1 fully saturated rings. The van der Waals surface area contributed by atoms with Crippen LogP contribution in [0, 0.1) is 5.92 Å². The van der Waals surface area contributed by atoms with Gasteiger partial charge in [-0.25, -0.2) is 0 Å². The van der Waals surface area contributed by atoms with Crippen molar-refractivity contribution in [3.63, 3.8) is 0 Å². The standard InChI is InChI=1S/C21H21N3O2/c25-20(14-7-9-17(10-8-14)24-21(26)15-5-6-15)22-12-11-16-13-23-19-4-2-1-3-18(16)19/h1-4,7-10,13,15,23H,5-6,11-12H2,(H,22,25)(H,24,26). The van der Waals surface area contributed by atoms with E-state index in [-0.39, 0.29) is 17.7 Å². The van der Waals surface area contributed by atoms with Crippen LogP contribution in [0.1, 0.15) is 28.8 Å². The highest BCUT2D eigenvalue weighted by Gasteiger charge is 2.29. The molecule has 26 heavy (non-hydrogen) atoms. The number of hydrogen-bond acceptors (Lipinski definition) is 2. The number of H-pyrrole nitrogens is 1. The Morgan fingerprint density at radius 3 is 2.58 bits per heavy atom. The number of carbonyl (C=O) groups is 2. The van der Waals surface area contributed by atoms with Crippen LogP contribution in [0.5, 0.6) is 0 Å². The van der Waals surface area contributed by atoms with E-state index in [1.165, 1.54) is 10.9 Å². The molecular formula is C21H21N3O2. The molecule has 3 aromatic rings. The minimum absolute atomic E-state index is 0.0703. The summed E-state index contributed by atoms with van der Waals surface area (Å²) in [6, 6.07) is 15.2. The molecule has 1 aliphatic rings. The van der Waals surface area contributed by atoms with E-state index >= 15 is 0 Å². The number of rotatable bonds is 6.